The van der Waals surface area contributed by atoms with Crippen molar-refractivity contribution < 1.29 is 9.59 Å². The summed E-state index contributed by atoms with van der Waals surface area (Å²) in [5.41, 5.74) is 3.40. The van der Waals surface area contributed by atoms with Crippen molar-refractivity contribution in [3.63, 3.8) is 0 Å². The fraction of sp³-hybridized carbons (Fsp3) is 0.467. The Balaban J connectivity index is 2.23. The van der Waals surface area contributed by atoms with Crippen molar-refractivity contribution in [2.45, 2.75) is 32.7 Å². The molecule has 0 bridgehead atoms. The maximum atomic E-state index is 12.0. The van der Waals surface area contributed by atoms with E-state index in [4.69, 9.17) is 0 Å². The maximum Gasteiger partial charge on any atom is 0.227 e. The van der Waals surface area contributed by atoms with Crippen molar-refractivity contribution in [2.75, 3.05) is 18.5 Å². The van der Waals surface area contributed by atoms with E-state index in [9.17, 15) is 9.59 Å². The number of rotatable bonds is 5. The Labute approximate surface area is 113 Å². The van der Waals surface area contributed by atoms with Gasteiger partial charge in [0, 0.05) is 31.6 Å². The van der Waals surface area contributed by atoms with Gasteiger partial charge < -0.3 is 10.2 Å². The molecule has 1 heterocycles. The van der Waals surface area contributed by atoms with Crippen LogP contribution >= 0.6 is 0 Å². The fourth-order valence-electron chi connectivity index (χ4n) is 2.44. The zero-order chi connectivity index (χ0) is 13.8. The van der Waals surface area contributed by atoms with Crippen molar-refractivity contribution in [1.82, 2.24) is 5.32 Å². The lowest BCUT2D eigenvalue weighted by molar-refractivity contribution is -0.119. The highest BCUT2D eigenvalue weighted by atomic mass is 16.2. The largest absolute Gasteiger partial charge is 0.316 e. The van der Waals surface area contributed by atoms with Crippen LogP contribution in [0.25, 0.3) is 0 Å². The lowest BCUT2D eigenvalue weighted by Crippen LogP contribution is -2.36. The smallest absolute Gasteiger partial charge is 0.227 e. The molecule has 0 atom stereocenters. The molecule has 19 heavy (non-hydrogen) atoms. The van der Waals surface area contributed by atoms with Gasteiger partial charge in [0.1, 0.15) is 5.78 Å². The lowest BCUT2D eigenvalue weighted by Gasteiger charge is -2.29. The normalized spacial score (nSPS) is 14.4. The number of benzene rings is 1. The van der Waals surface area contributed by atoms with Crippen molar-refractivity contribution >= 4 is 17.4 Å². The van der Waals surface area contributed by atoms with Crippen LogP contribution in [0.4, 0.5) is 5.69 Å². The van der Waals surface area contributed by atoms with Crippen molar-refractivity contribution in [1.29, 1.82) is 0 Å². The van der Waals surface area contributed by atoms with Gasteiger partial charge in [0.15, 0.2) is 0 Å². The molecule has 0 spiro atoms. The number of carbonyl (C=O) groups is 2. The zero-order valence-electron chi connectivity index (χ0n) is 11.5. The number of anilines is 1. The monoisotopic (exact) mass is 260 g/mol. The van der Waals surface area contributed by atoms with Gasteiger partial charge in [0.2, 0.25) is 5.91 Å². The van der Waals surface area contributed by atoms with Gasteiger partial charge in [-0.3, -0.25) is 9.59 Å². The molecule has 102 valence electrons. The minimum atomic E-state index is 0.117. The average molecular weight is 260 g/mol. The molecule has 2 rings (SSSR count). The Bertz CT molecular complexity index is 497. The van der Waals surface area contributed by atoms with Crippen molar-refractivity contribution in [2.24, 2.45) is 0 Å². The summed E-state index contributed by atoms with van der Waals surface area (Å²) in [4.78, 5) is 24.8. The zero-order valence-corrected chi connectivity index (χ0v) is 11.5. The number of carbonyl (C=O) groups excluding carboxylic acids is 2. The van der Waals surface area contributed by atoms with Gasteiger partial charge in [-0.25, -0.2) is 0 Å². The van der Waals surface area contributed by atoms with Crippen LogP contribution in [-0.4, -0.2) is 25.3 Å². The van der Waals surface area contributed by atoms with Gasteiger partial charge in [-0.15, -0.1) is 0 Å². The van der Waals surface area contributed by atoms with E-state index in [1.807, 2.05) is 19.2 Å². The highest BCUT2D eigenvalue weighted by molar-refractivity contribution is 5.97. The summed E-state index contributed by atoms with van der Waals surface area (Å²) in [7, 11) is 1.92. The Hall–Kier alpha value is -1.68. The summed E-state index contributed by atoms with van der Waals surface area (Å²) in [6, 6.07) is 6.19. The first-order valence-electron chi connectivity index (χ1n) is 6.68. The van der Waals surface area contributed by atoms with E-state index in [1.54, 1.807) is 11.8 Å². The first-order valence-corrected chi connectivity index (χ1v) is 6.68. The first-order chi connectivity index (χ1) is 9.11. The molecule has 1 amide bonds. The topological polar surface area (TPSA) is 49.4 Å². The third-order valence-electron chi connectivity index (χ3n) is 3.41. The number of fused-ring (bicyclic) bond motifs is 1. The molecular formula is C15H20N2O2. The van der Waals surface area contributed by atoms with Crippen LogP contribution in [0.2, 0.25) is 0 Å². The number of ketones is 1. The molecule has 4 nitrogen and oxygen atoms in total. The number of hydrogen-bond acceptors (Lipinski definition) is 3. The molecule has 1 aromatic carbocycles. The minimum absolute atomic E-state index is 0.117. The standard InChI is InChI=1S/C15H20N2O2/c1-11(18)7-8-17-14-5-3-12(10-16-2)9-13(14)4-6-15(17)19/h3,5,9,16H,4,6-8,10H2,1-2H3. The SMILES string of the molecule is CNCc1ccc2c(c1)CCC(=O)N2CCC(C)=O. The lowest BCUT2D eigenvalue weighted by atomic mass is 9.98. The quantitative estimate of drug-likeness (QED) is 0.876. The van der Waals surface area contributed by atoms with E-state index >= 15 is 0 Å². The molecule has 1 aliphatic rings. The van der Waals surface area contributed by atoms with Crippen LogP contribution in [0, 0.1) is 0 Å². The van der Waals surface area contributed by atoms with Gasteiger partial charge >= 0.3 is 0 Å². The molecular weight excluding hydrogens is 240 g/mol. The van der Waals surface area contributed by atoms with E-state index in [1.165, 1.54) is 11.1 Å². The minimum Gasteiger partial charge on any atom is -0.316 e. The van der Waals surface area contributed by atoms with Crippen LogP contribution in [-0.2, 0) is 22.6 Å². The summed E-state index contributed by atoms with van der Waals surface area (Å²) in [5.74, 6) is 0.238. The molecule has 0 aromatic heterocycles. The molecule has 0 radical (unpaired) electrons. The van der Waals surface area contributed by atoms with Crippen LogP contribution in [0.15, 0.2) is 18.2 Å². The second-order valence-electron chi connectivity index (χ2n) is 4.99. The van der Waals surface area contributed by atoms with Crippen molar-refractivity contribution in [3.05, 3.63) is 29.3 Å². The summed E-state index contributed by atoms with van der Waals surface area (Å²) in [5, 5.41) is 3.13. The summed E-state index contributed by atoms with van der Waals surface area (Å²) < 4.78 is 0. The van der Waals surface area contributed by atoms with E-state index in [2.05, 4.69) is 11.4 Å². The first kappa shape index (κ1) is 13.7. The second-order valence-corrected chi connectivity index (χ2v) is 4.99. The third-order valence-corrected chi connectivity index (χ3v) is 3.41. The summed E-state index contributed by atoms with van der Waals surface area (Å²) in [6.07, 6.45) is 1.75. The number of Topliss-reactive ketones (excluding diaryl/α,β-unsaturated/α-hetero) is 1. The Morgan fingerprint density at radius 2 is 2.16 bits per heavy atom. The Kier molecular flexibility index (Phi) is 4.32. The van der Waals surface area contributed by atoms with Crippen LogP contribution < -0.4 is 10.2 Å². The maximum absolute atomic E-state index is 12.0. The predicted octanol–water partition coefficient (Wildman–Crippen LogP) is 1.66. The molecule has 4 heteroatoms. The fourth-order valence-corrected chi connectivity index (χ4v) is 2.44. The highest BCUT2D eigenvalue weighted by Crippen LogP contribution is 2.28. The number of hydrogen-bond donors (Lipinski definition) is 1. The molecule has 0 aliphatic carbocycles. The predicted molar refractivity (Wildman–Crippen MR) is 75.2 cm³/mol. The second kappa shape index (κ2) is 5.97. The van der Waals surface area contributed by atoms with Gasteiger partial charge in [-0.05, 0) is 37.6 Å². The number of nitrogens with one attached hydrogen (secondary N) is 1. The van der Waals surface area contributed by atoms with Crippen molar-refractivity contribution in [3.8, 4) is 0 Å². The molecule has 0 saturated carbocycles. The molecule has 1 N–H and O–H groups in total. The van der Waals surface area contributed by atoms with E-state index in [0.29, 0.717) is 19.4 Å². The van der Waals surface area contributed by atoms with Gasteiger partial charge in [-0.1, -0.05) is 12.1 Å². The highest BCUT2D eigenvalue weighted by Gasteiger charge is 2.24. The summed E-state index contributed by atoms with van der Waals surface area (Å²) >= 11 is 0. The van der Waals surface area contributed by atoms with E-state index in [-0.39, 0.29) is 11.7 Å². The average Bonchev–Trinajstić information content (AvgIpc) is 2.38. The Morgan fingerprint density at radius 3 is 2.84 bits per heavy atom. The molecule has 1 aliphatic heterocycles. The van der Waals surface area contributed by atoms with Gasteiger partial charge in [0.05, 0.1) is 0 Å². The van der Waals surface area contributed by atoms with Crippen LogP contribution in [0.1, 0.15) is 30.9 Å². The van der Waals surface area contributed by atoms with E-state index in [0.717, 1.165) is 18.7 Å². The van der Waals surface area contributed by atoms with Crippen LogP contribution in [0.5, 0.6) is 0 Å². The Morgan fingerprint density at radius 1 is 1.37 bits per heavy atom. The number of nitrogens with zero attached hydrogens (tertiary/aromatic N) is 1. The molecule has 0 unspecified atom stereocenters. The van der Waals surface area contributed by atoms with Gasteiger partial charge in [0.25, 0.3) is 0 Å². The molecule has 0 saturated heterocycles. The number of amides is 1. The number of aryl methyl sites for hydroxylation is 1. The van der Waals surface area contributed by atoms with Gasteiger partial charge in [-0.2, -0.15) is 0 Å². The van der Waals surface area contributed by atoms with Crippen LogP contribution in [0.3, 0.4) is 0 Å². The third kappa shape index (κ3) is 3.20. The summed E-state index contributed by atoms with van der Waals surface area (Å²) in [6.45, 7) is 2.88. The molecule has 1 aromatic rings. The molecule has 0 fully saturated rings. The van der Waals surface area contributed by atoms with E-state index < -0.39 is 0 Å².